The maximum absolute atomic E-state index is 10.8. The zero-order valence-corrected chi connectivity index (χ0v) is 14.7. The molecule has 0 aromatic carbocycles. The Morgan fingerprint density at radius 1 is 1.37 bits per heavy atom. The van der Waals surface area contributed by atoms with E-state index < -0.39 is 36.7 Å². The van der Waals surface area contributed by atoms with Crippen LogP contribution in [0.2, 0.25) is 0 Å². The molecule has 0 aliphatic carbocycles. The van der Waals surface area contributed by atoms with Crippen molar-refractivity contribution in [3.05, 3.63) is 12.7 Å². The number of rotatable bonds is 7. The third-order valence-corrected chi connectivity index (χ3v) is 4.65. The minimum absolute atomic E-state index is 0.204. The molecule has 12 heteroatoms. The third-order valence-electron chi connectivity index (χ3n) is 4.65. The summed E-state index contributed by atoms with van der Waals surface area (Å²) < 4.78 is 7.34. The molecule has 1 fully saturated rings. The highest BCUT2D eigenvalue weighted by Crippen LogP contribution is 2.33. The van der Waals surface area contributed by atoms with Gasteiger partial charge in [-0.3, -0.25) is 14.3 Å². The first-order chi connectivity index (χ1) is 12.8. The molecule has 27 heavy (non-hydrogen) atoms. The fourth-order valence-electron chi connectivity index (χ4n) is 3.10. The molecule has 1 unspecified atom stereocenters. The number of aliphatic hydroxyl groups excluding tert-OH is 2. The highest BCUT2D eigenvalue weighted by molar-refractivity contribution is 5.81. The lowest BCUT2D eigenvalue weighted by atomic mass is 10.1. The van der Waals surface area contributed by atoms with Gasteiger partial charge in [0.1, 0.15) is 36.3 Å². The van der Waals surface area contributed by atoms with Crippen LogP contribution in [-0.4, -0.2) is 83.8 Å². The average molecular weight is 381 g/mol. The maximum Gasteiger partial charge on any atom is 0.320 e. The number of carboxylic acids is 1. The number of anilines is 1. The lowest BCUT2D eigenvalue weighted by Crippen LogP contribution is -2.42. The Labute approximate surface area is 154 Å². The van der Waals surface area contributed by atoms with Gasteiger partial charge in [-0.25, -0.2) is 15.0 Å². The van der Waals surface area contributed by atoms with Gasteiger partial charge in [-0.05, 0) is 19.9 Å². The molecule has 3 heterocycles. The molecule has 5 atom stereocenters. The van der Waals surface area contributed by atoms with Gasteiger partial charge in [0, 0.05) is 6.54 Å². The van der Waals surface area contributed by atoms with Crippen LogP contribution in [0.4, 0.5) is 5.82 Å². The minimum Gasteiger partial charge on any atom is -0.480 e. The Balaban J connectivity index is 1.70. The topological polar surface area (TPSA) is 186 Å². The standard InChI is InChI=1S/C15H23N7O5/c1-21(4-2-3-7(16)15(25)26)13-9(23)10(24)14(27-13)22-6-20-8-11(17)18-5-19-12(8)22/h5-7,9-10,13-14,23-24H,2-4,16H2,1H3,(H,25,26)(H2,17,18,19)/t7?,9-,10-,13-,14-/m1/s1. The first kappa shape index (κ1) is 19.4. The molecule has 1 saturated heterocycles. The van der Waals surface area contributed by atoms with E-state index in [0.717, 1.165) is 0 Å². The normalized spacial score (nSPS) is 26.7. The molecular formula is C15H23N7O5. The molecule has 1 aliphatic rings. The van der Waals surface area contributed by atoms with Crippen molar-refractivity contribution in [1.29, 1.82) is 0 Å². The van der Waals surface area contributed by atoms with Gasteiger partial charge in [-0.1, -0.05) is 0 Å². The summed E-state index contributed by atoms with van der Waals surface area (Å²) >= 11 is 0. The first-order valence-electron chi connectivity index (χ1n) is 8.44. The lowest BCUT2D eigenvalue weighted by Gasteiger charge is -2.26. The van der Waals surface area contributed by atoms with Crippen LogP contribution in [0.25, 0.3) is 11.2 Å². The van der Waals surface area contributed by atoms with Crippen molar-refractivity contribution in [2.75, 3.05) is 19.3 Å². The van der Waals surface area contributed by atoms with Crippen molar-refractivity contribution >= 4 is 23.0 Å². The van der Waals surface area contributed by atoms with Gasteiger partial charge in [0.15, 0.2) is 17.7 Å². The van der Waals surface area contributed by atoms with Crippen molar-refractivity contribution in [2.45, 2.75) is 43.5 Å². The van der Waals surface area contributed by atoms with Crippen molar-refractivity contribution in [3.63, 3.8) is 0 Å². The maximum atomic E-state index is 10.8. The first-order valence-corrected chi connectivity index (χ1v) is 8.44. The molecule has 2 aromatic heterocycles. The van der Waals surface area contributed by atoms with Crippen LogP contribution in [-0.2, 0) is 9.53 Å². The molecular weight excluding hydrogens is 358 g/mol. The summed E-state index contributed by atoms with van der Waals surface area (Å²) in [6, 6.07) is -0.936. The molecule has 3 rings (SSSR count). The number of likely N-dealkylation sites (N-methyl/N-ethyl adjacent to an activating group) is 1. The van der Waals surface area contributed by atoms with E-state index in [9.17, 15) is 15.0 Å². The Hall–Kier alpha value is -2.38. The Morgan fingerprint density at radius 2 is 2.11 bits per heavy atom. The fraction of sp³-hybridized carbons (Fsp3) is 0.600. The highest BCUT2D eigenvalue weighted by Gasteiger charge is 2.46. The number of nitrogens with two attached hydrogens (primary N) is 2. The largest absolute Gasteiger partial charge is 0.480 e. The number of hydrogen-bond donors (Lipinski definition) is 5. The second-order valence-corrected chi connectivity index (χ2v) is 6.55. The predicted octanol–water partition coefficient (Wildman–Crippen LogP) is -1.89. The highest BCUT2D eigenvalue weighted by atomic mass is 16.6. The number of carboxylic acid groups (broad SMARTS) is 1. The van der Waals surface area contributed by atoms with Crippen molar-refractivity contribution < 1.29 is 24.9 Å². The average Bonchev–Trinajstić information content (AvgIpc) is 3.18. The minimum atomic E-state index is -1.22. The van der Waals surface area contributed by atoms with Crippen LogP contribution in [0.5, 0.6) is 0 Å². The van der Waals surface area contributed by atoms with Gasteiger partial charge < -0.3 is 31.5 Å². The summed E-state index contributed by atoms with van der Waals surface area (Å²) in [5, 5.41) is 29.7. The van der Waals surface area contributed by atoms with Crippen LogP contribution >= 0.6 is 0 Å². The Kier molecular flexibility index (Phi) is 5.53. The SMILES string of the molecule is CN(CCCC(N)C(=O)O)[C@@H]1O[C@@H](n2cnc3c(N)ncnc32)[C@H](O)[C@H]1O. The number of aliphatic hydroxyl groups is 2. The number of nitrogen functional groups attached to an aromatic ring is 1. The molecule has 2 aromatic rings. The molecule has 1 aliphatic heterocycles. The number of aromatic nitrogens is 4. The van der Waals surface area contributed by atoms with Gasteiger partial charge in [-0.2, -0.15) is 0 Å². The van der Waals surface area contributed by atoms with E-state index in [-0.39, 0.29) is 12.2 Å². The van der Waals surface area contributed by atoms with Crippen LogP contribution < -0.4 is 11.5 Å². The molecule has 7 N–H and O–H groups in total. The van der Waals surface area contributed by atoms with Gasteiger partial charge in [0.2, 0.25) is 0 Å². The lowest BCUT2D eigenvalue weighted by molar-refractivity contribution is -0.138. The predicted molar refractivity (Wildman–Crippen MR) is 93.1 cm³/mol. The summed E-state index contributed by atoms with van der Waals surface area (Å²) in [5.41, 5.74) is 12.0. The third kappa shape index (κ3) is 3.70. The summed E-state index contributed by atoms with van der Waals surface area (Å²) in [4.78, 5) is 24.6. The van der Waals surface area contributed by atoms with Gasteiger partial charge in [0.05, 0.1) is 6.33 Å². The van der Waals surface area contributed by atoms with Crippen LogP contribution in [0.15, 0.2) is 12.7 Å². The van der Waals surface area contributed by atoms with E-state index in [4.69, 9.17) is 21.3 Å². The quantitative estimate of drug-likeness (QED) is 0.361. The van der Waals surface area contributed by atoms with E-state index in [0.29, 0.717) is 24.1 Å². The number of fused-ring (bicyclic) bond motifs is 1. The molecule has 148 valence electrons. The molecule has 0 spiro atoms. The Bertz CT molecular complexity index is 815. The second-order valence-electron chi connectivity index (χ2n) is 6.55. The molecule has 0 radical (unpaired) electrons. The number of ether oxygens (including phenoxy) is 1. The summed E-state index contributed by atoms with van der Waals surface area (Å²) in [5.74, 6) is -0.853. The van der Waals surface area contributed by atoms with E-state index >= 15 is 0 Å². The van der Waals surface area contributed by atoms with Crippen molar-refractivity contribution in [2.24, 2.45) is 5.73 Å². The monoisotopic (exact) mass is 381 g/mol. The summed E-state index contributed by atoms with van der Waals surface area (Å²) in [7, 11) is 1.71. The van der Waals surface area contributed by atoms with E-state index in [2.05, 4.69) is 15.0 Å². The van der Waals surface area contributed by atoms with Crippen LogP contribution in [0, 0.1) is 0 Å². The smallest absolute Gasteiger partial charge is 0.320 e. The number of aliphatic carboxylic acids is 1. The summed E-state index contributed by atoms with van der Waals surface area (Å²) in [6.45, 7) is 0.432. The number of hydrogen-bond acceptors (Lipinski definition) is 10. The molecule has 0 saturated carbocycles. The molecule has 0 amide bonds. The fourth-order valence-corrected chi connectivity index (χ4v) is 3.10. The van der Waals surface area contributed by atoms with E-state index in [1.54, 1.807) is 11.9 Å². The molecule has 0 bridgehead atoms. The van der Waals surface area contributed by atoms with Crippen molar-refractivity contribution in [3.8, 4) is 0 Å². The molecule has 12 nitrogen and oxygen atoms in total. The van der Waals surface area contributed by atoms with Crippen LogP contribution in [0.3, 0.4) is 0 Å². The van der Waals surface area contributed by atoms with Gasteiger partial charge in [0.25, 0.3) is 0 Å². The van der Waals surface area contributed by atoms with Gasteiger partial charge >= 0.3 is 5.97 Å². The zero-order chi connectivity index (χ0) is 19.7. The number of nitrogens with zero attached hydrogens (tertiary/aromatic N) is 5. The number of imidazole rings is 1. The van der Waals surface area contributed by atoms with Crippen LogP contribution in [0.1, 0.15) is 19.1 Å². The van der Waals surface area contributed by atoms with E-state index in [1.807, 2.05) is 0 Å². The number of carbonyl (C=O) groups is 1. The van der Waals surface area contributed by atoms with Gasteiger partial charge in [-0.15, -0.1) is 0 Å². The van der Waals surface area contributed by atoms with E-state index in [1.165, 1.54) is 17.2 Å². The Morgan fingerprint density at radius 3 is 2.81 bits per heavy atom. The summed E-state index contributed by atoms with van der Waals surface area (Å²) in [6.07, 6.45) is -0.604. The zero-order valence-electron chi connectivity index (χ0n) is 14.7. The van der Waals surface area contributed by atoms with Crippen molar-refractivity contribution in [1.82, 2.24) is 24.4 Å². The second kappa shape index (κ2) is 7.70.